The molecule has 2 rings (SSSR count). The van der Waals surface area contributed by atoms with Crippen LogP contribution in [-0.2, 0) is 10.0 Å². The van der Waals surface area contributed by atoms with Crippen molar-refractivity contribution in [1.29, 1.82) is 0 Å². The van der Waals surface area contributed by atoms with Gasteiger partial charge in [-0.15, -0.1) is 0 Å². The number of benzene rings is 1. The highest BCUT2D eigenvalue weighted by atomic mass is 32.2. The summed E-state index contributed by atoms with van der Waals surface area (Å²) in [6, 6.07) is 6.39. The fourth-order valence-corrected chi connectivity index (χ4v) is 2.73. The molecule has 1 heterocycles. The summed E-state index contributed by atoms with van der Waals surface area (Å²) < 4.78 is 26.5. The highest BCUT2D eigenvalue weighted by molar-refractivity contribution is 7.92. The Morgan fingerprint density at radius 3 is 2.65 bits per heavy atom. The predicted molar refractivity (Wildman–Crippen MR) is 72.6 cm³/mol. The first-order chi connectivity index (χ1) is 9.40. The Balaban J connectivity index is 2.47. The second kappa shape index (κ2) is 5.13. The van der Waals surface area contributed by atoms with Gasteiger partial charge in [0.2, 0.25) is 0 Å². The number of rotatable bonds is 4. The topological polar surface area (TPSA) is 128 Å². The molecular weight excluding hydrogens is 284 g/mol. The Bertz CT molecular complexity index is 746. The first kappa shape index (κ1) is 13.7. The van der Waals surface area contributed by atoms with Gasteiger partial charge in [0, 0.05) is 18.0 Å². The van der Waals surface area contributed by atoms with Crippen molar-refractivity contribution in [3.8, 4) is 0 Å². The number of aromatic nitrogens is 1. The second-order valence-corrected chi connectivity index (χ2v) is 5.48. The lowest BCUT2D eigenvalue weighted by Crippen LogP contribution is -2.15. The number of pyridine rings is 1. The molecule has 8 nitrogen and oxygen atoms in total. The van der Waals surface area contributed by atoms with Crippen molar-refractivity contribution in [2.75, 3.05) is 10.5 Å². The van der Waals surface area contributed by atoms with Gasteiger partial charge >= 0.3 is 0 Å². The number of hydrogen-bond acceptors (Lipinski definition) is 6. The third-order valence-corrected chi connectivity index (χ3v) is 3.81. The molecule has 20 heavy (non-hydrogen) atoms. The average molecular weight is 294 g/mol. The monoisotopic (exact) mass is 294 g/mol. The fourth-order valence-electron chi connectivity index (χ4n) is 1.54. The quantitative estimate of drug-likeness (QED) is 0.498. The summed E-state index contributed by atoms with van der Waals surface area (Å²) in [7, 11) is -4.09. The number of nitrogens with zero attached hydrogens (tertiary/aromatic N) is 2. The molecule has 1 aromatic heterocycles. The Morgan fingerprint density at radius 2 is 2.05 bits per heavy atom. The van der Waals surface area contributed by atoms with Crippen LogP contribution in [-0.4, -0.2) is 18.3 Å². The third kappa shape index (κ3) is 2.83. The number of hydrogen-bond donors (Lipinski definition) is 2. The molecule has 0 unspecified atom stereocenters. The number of anilines is 2. The lowest BCUT2D eigenvalue weighted by atomic mass is 10.3. The largest absolute Gasteiger partial charge is 0.399 e. The molecule has 0 aliphatic carbocycles. The standard InChI is InChI=1S/C11H10N4O4S/c12-8-3-4-11(10(6-8)15(16)17)20(18,19)14-9-2-1-5-13-7-9/h1-7,14H,12H2. The van der Waals surface area contributed by atoms with E-state index in [2.05, 4.69) is 9.71 Å². The Kier molecular flexibility index (Phi) is 3.53. The first-order valence-electron chi connectivity index (χ1n) is 5.37. The SMILES string of the molecule is Nc1ccc(S(=O)(=O)Nc2cccnc2)c([N+](=O)[O-])c1. The van der Waals surface area contributed by atoms with E-state index in [0.717, 1.165) is 12.1 Å². The molecule has 0 saturated heterocycles. The molecule has 2 aromatic rings. The maximum atomic E-state index is 12.2. The average Bonchev–Trinajstić information content (AvgIpc) is 2.38. The molecule has 3 N–H and O–H groups in total. The molecule has 0 atom stereocenters. The van der Waals surface area contributed by atoms with Crippen molar-refractivity contribution < 1.29 is 13.3 Å². The Morgan fingerprint density at radius 1 is 1.30 bits per heavy atom. The van der Waals surface area contributed by atoms with Crippen molar-refractivity contribution >= 4 is 27.1 Å². The highest BCUT2D eigenvalue weighted by Gasteiger charge is 2.26. The maximum absolute atomic E-state index is 12.2. The van der Waals surface area contributed by atoms with E-state index in [1.807, 2.05) is 0 Å². The van der Waals surface area contributed by atoms with Crippen LogP contribution in [0.2, 0.25) is 0 Å². The van der Waals surface area contributed by atoms with Crippen LogP contribution in [0.4, 0.5) is 17.1 Å². The van der Waals surface area contributed by atoms with Gasteiger partial charge in [-0.05, 0) is 24.3 Å². The predicted octanol–water partition coefficient (Wildman–Crippen LogP) is 1.37. The number of nitro groups is 1. The summed E-state index contributed by atoms with van der Waals surface area (Å²) in [6.45, 7) is 0. The van der Waals surface area contributed by atoms with Crippen LogP contribution in [0.15, 0.2) is 47.6 Å². The van der Waals surface area contributed by atoms with Gasteiger partial charge < -0.3 is 5.73 Å². The fraction of sp³-hybridized carbons (Fsp3) is 0. The minimum atomic E-state index is -4.09. The summed E-state index contributed by atoms with van der Waals surface area (Å²) >= 11 is 0. The van der Waals surface area contributed by atoms with Crippen molar-refractivity contribution in [2.24, 2.45) is 0 Å². The molecule has 0 spiro atoms. The molecular formula is C11H10N4O4S. The van der Waals surface area contributed by atoms with Crippen LogP contribution in [0.5, 0.6) is 0 Å². The Labute approximate surface area is 114 Å². The zero-order valence-electron chi connectivity index (χ0n) is 10.1. The number of nitrogens with two attached hydrogens (primary N) is 1. The van der Waals surface area contributed by atoms with Gasteiger partial charge in [-0.2, -0.15) is 0 Å². The smallest absolute Gasteiger partial charge is 0.291 e. The van der Waals surface area contributed by atoms with Gasteiger partial charge in [-0.1, -0.05) is 0 Å². The summed E-state index contributed by atoms with van der Waals surface area (Å²) in [6.07, 6.45) is 2.77. The summed E-state index contributed by atoms with van der Waals surface area (Å²) in [5.41, 5.74) is 5.16. The molecule has 0 aliphatic heterocycles. The van der Waals surface area contributed by atoms with Crippen molar-refractivity contribution in [3.63, 3.8) is 0 Å². The lowest BCUT2D eigenvalue weighted by molar-refractivity contribution is -0.387. The molecule has 0 amide bonds. The van der Waals surface area contributed by atoms with Crippen LogP contribution in [0.3, 0.4) is 0 Å². The Hall–Kier alpha value is -2.68. The van der Waals surface area contributed by atoms with Crippen molar-refractivity contribution in [2.45, 2.75) is 4.90 Å². The number of nitrogens with one attached hydrogen (secondary N) is 1. The van der Waals surface area contributed by atoms with Gasteiger partial charge in [-0.25, -0.2) is 8.42 Å². The zero-order chi connectivity index (χ0) is 14.8. The molecule has 0 radical (unpaired) electrons. The van der Waals surface area contributed by atoms with Crippen LogP contribution >= 0.6 is 0 Å². The molecule has 1 aromatic carbocycles. The maximum Gasteiger partial charge on any atom is 0.291 e. The van der Waals surface area contributed by atoms with Gasteiger partial charge in [0.1, 0.15) is 0 Å². The minimum absolute atomic E-state index is 0.108. The molecule has 104 valence electrons. The molecule has 0 fully saturated rings. The van der Waals surface area contributed by atoms with E-state index < -0.39 is 25.5 Å². The van der Waals surface area contributed by atoms with Crippen molar-refractivity contribution in [3.05, 3.63) is 52.8 Å². The normalized spacial score (nSPS) is 11.0. The molecule has 0 bridgehead atoms. The van der Waals surface area contributed by atoms with Crippen molar-refractivity contribution in [1.82, 2.24) is 4.98 Å². The van der Waals surface area contributed by atoms with E-state index in [4.69, 9.17) is 5.73 Å². The molecule has 0 saturated carbocycles. The highest BCUT2D eigenvalue weighted by Crippen LogP contribution is 2.27. The van der Waals surface area contributed by atoms with E-state index in [-0.39, 0.29) is 11.4 Å². The zero-order valence-corrected chi connectivity index (χ0v) is 10.9. The molecule has 0 aliphatic rings. The van der Waals surface area contributed by atoms with Gasteiger partial charge in [0.15, 0.2) is 4.90 Å². The van der Waals surface area contributed by atoms with Crippen LogP contribution in [0.25, 0.3) is 0 Å². The second-order valence-electron chi connectivity index (χ2n) is 3.83. The van der Waals surface area contributed by atoms with Crippen LogP contribution in [0.1, 0.15) is 0 Å². The minimum Gasteiger partial charge on any atom is -0.399 e. The van der Waals surface area contributed by atoms with Crippen LogP contribution in [0, 0.1) is 10.1 Å². The molecule has 9 heteroatoms. The number of nitro benzene ring substituents is 1. The number of sulfonamides is 1. The number of nitrogen functional groups attached to an aromatic ring is 1. The summed E-state index contributed by atoms with van der Waals surface area (Å²) in [5.74, 6) is 0. The van der Waals surface area contributed by atoms with E-state index in [0.29, 0.717) is 0 Å². The van der Waals surface area contributed by atoms with E-state index >= 15 is 0 Å². The van der Waals surface area contributed by atoms with E-state index in [9.17, 15) is 18.5 Å². The summed E-state index contributed by atoms with van der Waals surface area (Å²) in [5, 5.41) is 10.9. The third-order valence-electron chi connectivity index (χ3n) is 2.38. The summed E-state index contributed by atoms with van der Waals surface area (Å²) in [4.78, 5) is 13.4. The van der Waals surface area contributed by atoms with E-state index in [1.165, 1.54) is 30.6 Å². The lowest BCUT2D eigenvalue weighted by Gasteiger charge is -2.08. The van der Waals surface area contributed by atoms with Crippen LogP contribution < -0.4 is 10.5 Å². The van der Waals surface area contributed by atoms with E-state index in [1.54, 1.807) is 0 Å². The van der Waals surface area contributed by atoms with Gasteiger partial charge in [-0.3, -0.25) is 19.8 Å². The van der Waals surface area contributed by atoms with Gasteiger partial charge in [0.05, 0.1) is 16.8 Å². The first-order valence-corrected chi connectivity index (χ1v) is 6.85. The van der Waals surface area contributed by atoms with Gasteiger partial charge in [0.25, 0.3) is 15.7 Å².